The SMILES string of the molecule is CCCNc1ncnc(NCC(F)F)c1Br. The van der Waals surface area contributed by atoms with E-state index in [1.165, 1.54) is 6.33 Å². The molecule has 0 unspecified atom stereocenters. The highest BCUT2D eigenvalue weighted by molar-refractivity contribution is 9.10. The summed E-state index contributed by atoms with van der Waals surface area (Å²) in [4.78, 5) is 7.88. The van der Waals surface area contributed by atoms with Gasteiger partial charge < -0.3 is 10.6 Å². The molecule has 0 saturated carbocycles. The van der Waals surface area contributed by atoms with Crippen LogP contribution in [0.4, 0.5) is 20.4 Å². The van der Waals surface area contributed by atoms with Crippen molar-refractivity contribution in [3.05, 3.63) is 10.8 Å². The van der Waals surface area contributed by atoms with Crippen LogP contribution in [-0.2, 0) is 0 Å². The minimum Gasteiger partial charge on any atom is -0.369 e. The lowest BCUT2D eigenvalue weighted by molar-refractivity contribution is 0.163. The van der Waals surface area contributed by atoms with Gasteiger partial charge in [-0.15, -0.1) is 0 Å². The first-order valence-electron chi connectivity index (χ1n) is 4.91. The van der Waals surface area contributed by atoms with E-state index in [-0.39, 0.29) is 0 Å². The third-order valence-corrected chi connectivity index (χ3v) is 2.51. The van der Waals surface area contributed by atoms with Gasteiger partial charge in [0.2, 0.25) is 0 Å². The van der Waals surface area contributed by atoms with E-state index in [1.54, 1.807) is 0 Å². The highest BCUT2D eigenvalue weighted by atomic mass is 79.9. The van der Waals surface area contributed by atoms with Gasteiger partial charge in [-0.05, 0) is 22.4 Å². The summed E-state index contributed by atoms with van der Waals surface area (Å²) < 4.78 is 24.6. The summed E-state index contributed by atoms with van der Waals surface area (Å²) in [7, 11) is 0. The van der Waals surface area contributed by atoms with Crippen molar-refractivity contribution < 1.29 is 8.78 Å². The van der Waals surface area contributed by atoms with E-state index in [1.807, 2.05) is 6.92 Å². The molecule has 1 heterocycles. The van der Waals surface area contributed by atoms with E-state index in [4.69, 9.17) is 0 Å². The fourth-order valence-electron chi connectivity index (χ4n) is 1.03. The van der Waals surface area contributed by atoms with Crippen LogP contribution in [0, 0.1) is 0 Å². The number of halogens is 3. The topological polar surface area (TPSA) is 49.8 Å². The summed E-state index contributed by atoms with van der Waals surface area (Å²) >= 11 is 3.27. The number of anilines is 2. The number of hydrogen-bond acceptors (Lipinski definition) is 4. The highest BCUT2D eigenvalue weighted by Crippen LogP contribution is 2.26. The molecule has 2 N–H and O–H groups in total. The van der Waals surface area contributed by atoms with E-state index >= 15 is 0 Å². The van der Waals surface area contributed by atoms with Gasteiger partial charge in [0.15, 0.2) is 0 Å². The average Bonchev–Trinajstić information content (AvgIpc) is 2.26. The lowest BCUT2D eigenvalue weighted by atomic mass is 10.4. The van der Waals surface area contributed by atoms with Gasteiger partial charge in [0.25, 0.3) is 6.43 Å². The number of nitrogens with zero attached hydrogens (tertiary/aromatic N) is 2. The van der Waals surface area contributed by atoms with Crippen molar-refractivity contribution in [2.75, 3.05) is 23.7 Å². The zero-order chi connectivity index (χ0) is 12.0. The van der Waals surface area contributed by atoms with Crippen molar-refractivity contribution in [2.24, 2.45) is 0 Å². The molecule has 4 nitrogen and oxygen atoms in total. The van der Waals surface area contributed by atoms with Crippen LogP contribution in [0.2, 0.25) is 0 Å². The van der Waals surface area contributed by atoms with Crippen LogP contribution in [0.1, 0.15) is 13.3 Å². The van der Waals surface area contributed by atoms with Gasteiger partial charge >= 0.3 is 0 Å². The monoisotopic (exact) mass is 294 g/mol. The maximum Gasteiger partial charge on any atom is 0.255 e. The van der Waals surface area contributed by atoms with Crippen molar-refractivity contribution in [2.45, 2.75) is 19.8 Å². The molecule has 1 rings (SSSR count). The smallest absolute Gasteiger partial charge is 0.255 e. The van der Waals surface area contributed by atoms with Crippen LogP contribution >= 0.6 is 15.9 Å². The molecule has 0 aliphatic rings. The first-order valence-corrected chi connectivity index (χ1v) is 5.70. The van der Waals surface area contributed by atoms with Crippen LogP contribution < -0.4 is 10.6 Å². The average molecular weight is 295 g/mol. The van der Waals surface area contributed by atoms with Gasteiger partial charge in [-0.2, -0.15) is 0 Å². The Morgan fingerprint density at radius 2 is 1.94 bits per heavy atom. The summed E-state index contributed by atoms with van der Waals surface area (Å²) in [6.45, 7) is 2.37. The minimum atomic E-state index is -2.41. The highest BCUT2D eigenvalue weighted by Gasteiger charge is 2.09. The zero-order valence-corrected chi connectivity index (χ0v) is 10.4. The van der Waals surface area contributed by atoms with Crippen LogP contribution in [0.25, 0.3) is 0 Å². The van der Waals surface area contributed by atoms with E-state index in [2.05, 4.69) is 36.5 Å². The van der Waals surface area contributed by atoms with Crippen molar-refractivity contribution in [1.82, 2.24) is 9.97 Å². The zero-order valence-electron chi connectivity index (χ0n) is 8.80. The summed E-state index contributed by atoms with van der Waals surface area (Å²) in [5, 5.41) is 5.61. The number of nitrogens with one attached hydrogen (secondary N) is 2. The van der Waals surface area contributed by atoms with Crippen LogP contribution in [-0.4, -0.2) is 29.5 Å². The van der Waals surface area contributed by atoms with Gasteiger partial charge in [-0.1, -0.05) is 6.92 Å². The predicted octanol–water partition coefficient (Wildman–Crippen LogP) is 2.74. The summed E-state index contributed by atoms with van der Waals surface area (Å²) in [6.07, 6.45) is -0.124. The molecular weight excluding hydrogens is 282 g/mol. The molecule has 0 atom stereocenters. The molecule has 0 aromatic carbocycles. The molecule has 0 spiro atoms. The predicted molar refractivity (Wildman–Crippen MR) is 63.0 cm³/mol. The molecule has 0 radical (unpaired) electrons. The second kappa shape index (κ2) is 6.57. The Bertz CT molecular complexity index is 335. The first kappa shape index (κ1) is 13.1. The molecule has 0 saturated heterocycles. The number of alkyl halides is 2. The van der Waals surface area contributed by atoms with Crippen molar-refractivity contribution >= 4 is 27.6 Å². The number of hydrogen-bond donors (Lipinski definition) is 2. The standard InChI is InChI=1S/C9H13BrF2N4/c1-2-3-13-8-7(10)9(16-5-15-8)14-4-6(11)12/h5-6H,2-4H2,1H3,(H2,13,14,15,16). The normalized spacial score (nSPS) is 10.6. The van der Waals surface area contributed by atoms with Gasteiger partial charge in [0, 0.05) is 6.54 Å². The summed E-state index contributed by atoms with van der Waals surface area (Å²) in [6, 6.07) is 0. The maximum atomic E-state index is 12.0. The van der Waals surface area contributed by atoms with Gasteiger partial charge in [0.05, 0.1) is 6.54 Å². The molecule has 16 heavy (non-hydrogen) atoms. The number of rotatable bonds is 6. The van der Waals surface area contributed by atoms with E-state index in [9.17, 15) is 8.78 Å². The fraction of sp³-hybridized carbons (Fsp3) is 0.556. The van der Waals surface area contributed by atoms with Crippen molar-refractivity contribution in [1.29, 1.82) is 0 Å². The Morgan fingerprint density at radius 3 is 2.50 bits per heavy atom. The third kappa shape index (κ3) is 3.88. The Balaban J connectivity index is 2.70. The number of aromatic nitrogens is 2. The van der Waals surface area contributed by atoms with Gasteiger partial charge in [-0.25, -0.2) is 18.7 Å². The van der Waals surface area contributed by atoms with Gasteiger partial charge in [0.1, 0.15) is 22.4 Å². The van der Waals surface area contributed by atoms with Crippen LogP contribution in [0.15, 0.2) is 10.8 Å². The molecule has 1 aromatic heterocycles. The van der Waals surface area contributed by atoms with E-state index < -0.39 is 13.0 Å². The molecule has 0 aliphatic carbocycles. The largest absolute Gasteiger partial charge is 0.369 e. The second-order valence-electron chi connectivity index (χ2n) is 3.08. The first-order chi connectivity index (χ1) is 7.65. The molecule has 0 amide bonds. The molecule has 0 aliphatic heterocycles. The molecule has 0 bridgehead atoms. The third-order valence-electron chi connectivity index (χ3n) is 1.76. The Morgan fingerprint density at radius 1 is 1.31 bits per heavy atom. The minimum absolute atomic E-state index is 0.369. The molecule has 1 aromatic rings. The Kier molecular flexibility index (Phi) is 5.37. The molecular formula is C9H13BrF2N4. The van der Waals surface area contributed by atoms with Gasteiger partial charge in [-0.3, -0.25) is 0 Å². The lowest BCUT2D eigenvalue weighted by Crippen LogP contribution is -2.13. The quantitative estimate of drug-likeness (QED) is 0.847. The van der Waals surface area contributed by atoms with Crippen molar-refractivity contribution in [3.8, 4) is 0 Å². The second-order valence-corrected chi connectivity index (χ2v) is 3.88. The molecule has 90 valence electrons. The fourth-order valence-corrected chi connectivity index (χ4v) is 1.52. The maximum absolute atomic E-state index is 12.0. The van der Waals surface area contributed by atoms with E-state index in [0.717, 1.165) is 13.0 Å². The van der Waals surface area contributed by atoms with E-state index in [0.29, 0.717) is 16.1 Å². The van der Waals surface area contributed by atoms with Crippen LogP contribution in [0.3, 0.4) is 0 Å². The molecule has 0 fully saturated rings. The summed E-state index contributed by atoms with van der Waals surface area (Å²) in [5.41, 5.74) is 0. The Labute approximate surface area is 101 Å². The van der Waals surface area contributed by atoms with Crippen LogP contribution in [0.5, 0.6) is 0 Å². The molecule has 7 heteroatoms. The lowest BCUT2D eigenvalue weighted by Gasteiger charge is -2.10. The Hall–Kier alpha value is -0.980. The summed E-state index contributed by atoms with van der Waals surface area (Å²) in [5.74, 6) is 0.975. The van der Waals surface area contributed by atoms with Crippen molar-refractivity contribution in [3.63, 3.8) is 0 Å².